The summed E-state index contributed by atoms with van der Waals surface area (Å²) in [4.78, 5) is 21.7. The van der Waals surface area contributed by atoms with E-state index in [-0.39, 0.29) is 17.7 Å². The molecule has 0 N–H and O–H groups in total. The zero-order chi connectivity index (χ0) is 10.6. The molecule has 4 nitrogen and oxygen atoms in total. The predicted molar refractivity (Wildman–Crippen MR) is 49.5 cm³/mol. The number of esters is 1. The van der Waals surface area contributed by atoms with Gasteiger partial charge in [-0.25, -0.2) is 0 Å². The molecular weight excluding hydrogens is 184 g/mol. The number of ether oxygens (including phenoxy) is 2. The van der Waals surface area contributed by atoms with Gasteiger partial charge in [-0.1, -0.05) is 0 Å². The van der Waals surface area contributed by atoms with Gasteiger partial charge in [0.05, 0.1) is 25.9 Å². The Morgan fingerprint density at radius 2 is 2.36 bits per heavy atom. The molecule has 1 unspecified atom stereocenters. The molecule has 0 saturated carbocycles. The molecule has 0 radical (unpaired) electrons. The number of hydrogen-bond acceptors (Lipinski definition) is 4. The summed E-state index contributed by atoms with van der Waals surface area (Å²) >= 11 is 0. The molecule has 0 aromatic carbocycles. The van der Waals surface area contributed by atoms with E-state index < -0.39 is 0 Å². The molecule has 0 bridgehead atoms. The topological polar surface area (TPSA) is 52.6 Å². The van der Waals surface area contributed by atoms with Crippen LogP contribution in [0.15, 0.2) is 11.8 Å². The van der Waals surface area contributed by atoms with Gasteiger partial charge in [0.15, 0.2) is 5.78 Å². The average Bonchev–Trinajstić information content (AvgIpc) is 2.51. The van der Waals surface area contributed by atoms with Crippen molar-refractivity contribution in [3.05, 3.63) is 11.8 Å². The lowest BCUT2D eigenvalue weighted by atomic mass is 10.0. The van der Waals surface area contributed by atoms with Crippen molar-refractivity contribution in [2.75, 3.05) is 13.7 Å². The van der Waals surface area contributed by atoms with Crippen LogP contribution in [0.3, 0.4) is 0 Å². The molecule has 0 amide bonds. The van der Waals surface area contributed by atoms with Crippen molar-refractivity contribution < 1.29 is 19.1 Å². The van der Waals surface area contributed by atoms with E-state index in [9.17, 15) is 9.59 Å². The number of rotatable bonds is 3. The highest BCUT2D eigenvalue weighted by Gasteiger charge is 2.23. The molecule has 0 aromatic rings. The van der Waals surface area contributed by atoms with Crippen molar-refractivity contribution in [2.45, 2.75) is 19.8 Å². The van der Waals surface area contributed by atoms with Crippen molar-refractivity contribution in [3.8, 4) is 0 Å². The van der Waals surface area contributed by atoms with Gasteiger partial charge in [-0.2, -0.15) is 0 Å². The van der Waals surface area contributed by atoms with Gasteiger partial charge in [-0.15, -0.1) is 0 Å². The molecule has 1 heterocycles. The monoisotopic (exact) mass is 198 g/mol. The summed E-state index contributed by atoms with van der Waals surface area (Å²) in [7, 11) is 1.37. The fraction of sp³-hybridized carbons (Fsp3) is 0.600. The minimum absolute atomic E-state index is 0.0290. The molecule has 1 aliphatic rings. The van der Waals surface area contributed by atoms with Crippen LogP contribution in [0, 0.1) is 5.92 Å². The van der Waals surface area contributed by atoms with Crippen molar-refractivity contribution in [2.24, 2.45) is 5.92 Å². The van der Waals surface area contributed by atoms with Gasteiger partial charge in [0.25, 0.3) is 0 Å². The average molecular weight is 198 g/mol. The minimum atomic E-state index is -0.234. The van der Waals surface area contributed by atoms with E-state index in [0.717, 1.165) is 0 Å². The van der Waals surface area contributed by atoms with Gasteiger partial charge in [0, 0.05) is 18.4 Å². The summed E-state index contributed by atoms with van der Waals surface area (Å²) < 4.78 is 9.80. The molecule has 4 heteroatoms. The van der Waals surface area contributed by atoms with Crippen LogP contribution in [0.5, 0.6) is 0 Å². The third-order valence-electron chi connectivity index (χ3n) is 2.04. The number of hydrogen-bond donors (Lipinski definition) is 0. The smallest absolute Gasteiger partial charge is 0.305 e. The summed E-state index contributed by atoms with van der Waals surface area (Å²) in [6.45, 7) is 1.97. The van der Waals surface area contributed by atoms with Gasteiger partial charge in [-0.3, -0.25) is 9.59 Å². The molecule has 1 aliphatic heterocycles. The maximum Gasteiger partial charge on any atom is 0.305 e. The van der Waals surface area contributed by atoms with Crippen LogP contribution in [-0.4, -0.2) is 25.5 Å². The van der Waals surface area contributed by atoms with E-state index >= 15 is 0 Å². The van der Waals surface area contributed by atoms with E-state index in [4.69, 9.17) is 4.74 Å². The summed E-state index contributed by atoms with van der Waals surface area (Å²) in [5.74, 6) is 0.556. The molecule has 0 aromatic heterocycles. The standard InChI is InChI=1S/C10H14O4/c1-7(11)3-9-4-8(6-14-9)5-10(12)13-2/h3,8H,4-6H2,1-2H3/b9-3+. The number of carbonyl (C=O) groups is 2. The van der Waals surface area contributed by atoms with Crippen LogP contribution in [0.1, 0.15) is 19.8 Å². The van der Waals surface area contributed by atoms with Crippen molar-refractivity contribution in [1.29, 1.82) is 0 Å². The first-order chi connectivity index (χ1) is 6.61. The van der Waals surface area contributed by atoms with E-state index in [1.54, 1.807) is 0 Å². The van der Waals surface area contributed by atoms with Crippen molar-refractivity contribution in [3.63, 3.8) is 0 Å². The van der Waals surface area contributed by atoms with E-state index in [0.29, 0.717) is 25.2 Å². The number of methoxy groups -OCH3 is 1. The quantitative estimate of drug-likeness (QED) is 0.502. The summed E-state index contributed by atoms with van der Waals surface area (Å²) in [5.41, 5.74) is 0. The maximum atomic E-state index is 10.9. The Morgan fingerprint density at radius 1 is 1.64 bits per heavy atom. The number of carbonyl (C=O) groups excluding carboxylic acids is 2. The summed E-state index contributed by atoms with van der Waals surface area (Å²) in [6.07, 6.45) is 2.47. The predicted octanol–water partition coefficient (Wildman–Crippen LogP) is 1.06. The number of ketones is 1. The van der Waals surface area contributed by atoms with Crippen molar-refractivity contribution >= 4 is 11.8 Å². The fourth-order valence-electron chi connectivity index (χ4n) is 1.40. The summed E-state index contributed by atoms with van der Waals surface area (Å²) in [6, 6.07) is 0. The van der Waals surface area contributed by atoms with Gasteiger partial charge in [-0.05, 0) is 6.92 Å². The minimum Gasteiger partial charge on any atom is -0.497 e. The molecule has 14 heavy (non-hydrogen) atoms. The molecule has 1 saturated heterocycles. The lowest BCUT2D eigenvalue weighted by Crippen LogP contribution is -2.09. The lowest BCUT2D eigenvalue weighted by Gasteiger charge is -2.02. The zero-order valence-corrected chi connectivity index (χ0v) is 8.41. The molecule has 0 spiro atoms. The highest BCUT2D eigenvalue weighted by Crippen LogP contribution is 2.25. The Labute approximate surface area is 82.9 Å². The van der Waals surface area contributed by atoms with Gasteiger partial charge < -0.3 is 9.47 Å². The fourth-order valence-corrected chi connectivity index (χ4v) is 1.40. The van der Waals surface area contributed by atoms with Crippen molar-refractivity contribution in [1.82, 2.24) is 0 Å². The van der Waals surface area contributed by atoms with Crippen LogP contribution < -0.4 is 0 Å². The first kappa shape index (κ1) is 10.8. The second-order valence-corrected chi connectivity index (χ2v) is 3.38. The maximum absolute atomic E-state index is 10.9. The van der Waals surface area contributed by atoms with E-state index in [1.807, 2.05) is 0 Å². The normalized spacial score (nSPS) is 23.3. The number of allylic oxidation sites excluding steroid dienone is 2. The molecule has 1 fully saturated rings. The molecule has 1 rings (SSSR count). The molecule has 1 atom stereocenters. The second kappa shape index (κ2) is 4.79. The van der Waals surface area contributed by atoms with Gasteiger partial charge in [0.1, 0.15) is 0 Å². The Balaban J connectivity index is 2.41. The highest BCUT2D eigenvalue weighted by molar-refractivity contribution is 5.87. The Kier molecular flexibility index (Phi) is 3.68. The van der Waals surface area contributed by atoms with Gasteiger partial charge in [0.2, 0.25) is 0 Å². The molecule has 0 aliphatic carbocycles. The lowest BCUT2D eigenvalue weighted by molar-refractivity contribution is -0.141. The van der Waals surface area contributed by atoms with Crippen LogP contribution >= 0.6 is 0 Å². The van der Waals surface area contributed by atoms with E-state index in [2.05, 4.69) is 4.74 Å². The summed E-state index contributed by atoms with van der Waals surface area (Å²) in [5, 5.41) is 0. The first-order valence-corrected chi connectivity index (χ1v) is 4.52. The Hall–Kier alpha value is -1.32. The third kappa shape index (κ3) is 3.20. The molecular formula is C10H14O4. The van der Waals surface area contributed by atoms with Gasteiger partial charge >= 0.3 is 5.97 Å². The first-order valence-electron chi connectivity index (χ1n) is 4.52. The van der Waals surface area contributed by atoms with Crippen LogP contribution in [0.25, 0.3) is 0 Å². The second-order valence-electron chi connectivity index (χ2n) is 3.38. The van der Waals surface area contributed by atoms with Crippen LogP contribution in [0.4, 0.5) is 0 Å². The highest BCUT2D eigenvalue weighted by atomic mass is 16.5. The largest absolute Gasteiger partial charge is 0.497 e. The van der Waals surface area contributed by atoms with E-state index in [1.165, 1.54) is 20.1 Å². The Bertz CT molecular complexity index is 267. The SMILES string of the molecule is COC(=O)CC1CO/C(=C/C(C)=O)C1. The third-order valence-corrected chi connectivity index (χ3v) is 2.04. The Morgan fingerprint density at radius 3 is 2.93 bits per heavy atom. The van der Waals surface area contributed by atoms with Crippen LogP contribution in [0.2, 0.25) is 0 Å². The molecule has 78 valence electrons. The zero-order valence-electron chi connectivity index (χ0n) is 8.41. The van der Waals surface area contributed by atoms with Crippen LogP contribution in [-0.2, 0) is 19.1 Å².